The highest BCUT2D eigenvalue weighted by Gasteiger charge is 2.05. The lowest BCUT2D eigenvalue weighted by molar-refractivity contribution is 0.340. The molecule has 18 heavy (non-hydrogen) atoms. The van der Waals surface area contributed by atoms with Gasteiger partial charge >= 0.3 is 0 Å². The van der Waals surface area contributed by atoms with Crippen LogP contribution in [-0.4, -0.2) is 33.1 Å². The molecule has 0 fully saturated rings. The van der Waals surface area contributed by atoms with Gasteiger partial charge in [-0.05, 0) is 37.6 Å². The number of anilines is 1. The van der Waals surface area contributed by atoms with Gasteiger partial charge in [0, 0.05) is 18.0 Å². The van der Waals surface area contributed by atoms with E-state index in [4.69, 9.17) is 4.74 Å². The molecule has 0 saturated heterocycles. The average molecular weight is 271 g/mol. The van der Waals surface area contributed by atoms with Crippen LogP contribution in [-0.2, 0) is 9.84 Å². The third-order valence-corrected chi connectivity index (χ3v) is 4.36. The fraction of sp³-hybridized carbons (Fsp3) is 0.538. The van der Waals surface area contributed by atoms with Crippen LogP contribution in [0.25, 0.3) is 0 Å². The SMILES string of the molecule is CCOc1ccc(NCCCS(=O)(=O)CC)cc1. The van der Waals surface area contributed by atoms with Crippen molar-refractivity contribution in [2.45, 2.75) is 20.3 Å². The van der Waals surface area contributed by atoms with Crippen LogP contribution in [0.1, 0.15) is 20.3 Å². The summed E-state index contributed by atoms with van der Waals surface area (Å²) in [4.78, 5) is 0. The first kappa shape index (κ1) is 14.8. The summed E-state index contributed by atoms with van der Waals surface area (Å²) in [6, 6.07) is 7.65. The molecule has 1 aromatic carbocycles. The van der Waals surface area contributed by atoms with Crippen molar-refractivity contribution in [3.63, 3.8) is 0 Å². The maximum atomic E-state index is 11.3. The Kier molecular flexibility index (Phi) is 5.98. The molecule has 0 saturated carbocycles. The van der Waals surface area contributed by atoms with Crippen molar-refractivity contribution in [1.82, 2.24) is 0 Å². The molecule has 0 unspecified atom stereocenters. The Balaban J connectivity index is 2.31. The third kappa shape index (κ3) is 5.40. The standard InChI is InChI=1S/C13H21NO3S/c1-3-17-13-8-6-12(7-9-13)14-10-5-11-18(15,16)4-2/h6-9,14H,3-5,10-11H2,1-2H3. The van der Waals surface area contributed by atoms with Crippen molar-refractivity contribution < 1.29 is 13.2 Å². The lowest BCUT2D eigenvalue weighted by Crippen LogP contribution is -2.12. The first-order valence-electron chi connectivity index (χ1n) is 6.24. The van der Waals surface area contributed by atoms with Crippen molar-refractivity contribution in [3.05, 3.63) is 24.3 Å². The average Bonchev–Trinajstić information content (AvgIpc) is 2.37. The van der Waals surface area contributed by atoms with Crippen LogP contribution in [0.4, 0.5) is 5.69 Å². The van der Waals surface area contributed by atoms with Gasteiger partial charge in [-0.25, -0.2) is 8.42 Å². The molecular formula is C13H21NO3S. The van der Waals surface area contributed by atoms with E-state index in [0.717, 1.165) is 11.4 Å². The van der Waals surface area contributed by atoms with E-state index in [1.54, 1.807) is 6.92 Å². The molecule has 0 aliphatic rings. The second kappa shape index (κ2) is 7.26. The molecule has 0 atom stereocenters. The fourth-order valence-corrected chi connectivity index (χ4v) is 2.38. The van der Waals surface area contributed by atoms with Crippen molar-refractivity contribution in [1.29, 1.82) is 0 Å². The van der Waals surface area contributed by atoms with Gasteiger partial charge in [-0.15, -0.1) is 0 Å². The van der Waals surface area contributed by atoms with Gasteiger partial charge < -0.3 is 10.1 Å². The summed E-state index contributed by atoms with van der Waals surface area (Å²) in [7, 11) is -2.85. The first-order valence-corrected chi connectivity index (χ1v) is 8.06. The Hall–Kier alpha value is -1.23. The predicted octanol–water partition coefficient (Wildman–Crippen LogP) is 2.32. The molecule has 0 aromatic heterocycles. The van der Waals surface area contributed by atoms with Crippen LogP contribution < -0.4 is 10.1 Å². The van der Waals surface area contributed by atoms with E-state index < -0.39 is 9.84 Å². The van der Waals surface area contributed by atoms with Crippen LogP contribution in [0, 0.1) is 0 Å². The molecule has 0 aliphatic carbocycles. The van der Waals surface area contributed by atoms with E-state index in [-0.39, 0.29) is 11.5 Å². The maximum absolute atomic E-state index is 11.3. The Morgan fingerprint density at radius 3 is 2.39 bits per heavy atom. The molecule has 1 N–H and O–H groups in total. The fourth-order valence-electron chi connectivity index (χ4n) is 1.50. The topological polar surface area (TPSA) is 55.4 Å². The zero-order valence-electron chi connectivity index (χ0n) is 11.0. The highest BCUT2D eigenvalue weighted by molar-refractivity contribution is 7.91. The molecule has 4 nitrogen and oxygen atoms in total. The zero-order valence-corrected chi connectivity index (χ0v) is 11.8. The lowest BCUT2D eigenvalue weighted by atomic mass is 10.3. The van der Waals surface area contributed by atoms with Gasteiger partial charge in [0.15, 0.2) is 0 Å². The van der Waals surface area contributed by atoms with Crippen LogP contribution in [0.5, 0.6) is 5.75 Å². The van der Waals surface area contributed by atoms with E-state index in [2.05, 4.69) is 5.32 Å². The molecule has 102 valence electrons. The van der Waals surface area contributed by atoms with Gasteiger partial charge in [-0.3, -0.25) is 0 Å². The van der Waals surface area contributed by atoms with E-state index in [1.165, 1.54) is 0 Å². The normalized spacial score (nSPS) is 11.2. The summed E-state index contributed by atoms with van der Waals surface area (Å²) in [6.07, 6.45) is 0.628. The van der Waals surface area contributed by atoms with E-state index in [1.807, 2.05) is 31.2 Å². The summed E-state index contributed by atoms with van der Waals surface area (Å²) in [5, 5.41) is 3.19. The number of hydrogen-bond acceptors (Lipinski definition) is 4. The minimum absolute atomic E-state index is 0.218. The minimum Gasteiger partial charge on any atom is -0.494 e. The molecule has 5 heteroatoms. The number of benzene rings is 1. The predicted molar refractivity (Wildman–Crippen MR) is 75.0 cm³/mol. The quantitative estimate of drug-likeness (QED) is 0.737. The smallest absolute Gasteiger partial charge is 0.150 e. The van der Waals surface area contributed by atoms with Crippen LogP contribution >= 0.6 is 0 Å². The third-order valence-electron chi connectivity index (χ3n) is 2.57. The Morgan fingerprint density at radius 1 is 1.17 bits per heavy atom. The van der Waals surface area contributed by atoms with Crippen molar-refractivity contribution >= 4 is 15.5 Å². The lowest BCUT2D eigenvalue weighted by Gasteiger charge is -2.08. The van der Waals surface area contributed by atoms with E-state index in [9.17, 15) is 8.42 Å². The summed E-state index contributed by atoms with van der Waals surface area (Å²) in [5.41, 5.74) is 0.979. The first-order chi connectivity index (χ1) is 8.57. The van der Waals surface area contributed by atoms with Gasteiger partial charge in [0.1, 0.15) is 15.6 Å². The Labute approximate surface area is 109 Å². The van der Waals surface area contributed by atoms with Gasteiger partial charge in [0.25, 0.3) is 0 Å². The summed E-state index contributed by atoms with van der Waals surface area (Å²) < 4.78 is 27.9. The molecule has 1 rings (SSSR count). The second-order valence-corrected chi connectivity index (χ2v) is 6.45. The largest absolute Gasteiger partial charge is 0.494 e. The van der Waals surface area contributed by atoms with Crippen LogP contribution in [0.15, 0.2) is 24.3 Å². The van der Waals surface area contributed by atoms with Gasteiger partial charge in [0.05, 0.1) is 12.4 Å². The van der Waals surface area contributed by atoms with Gasteiger partial charge in [0.2, 0.25) is 0 Å². The molecule has 0 bridgehead atoms. The van der Waals surface area contributed by atoms with Gasteiger partial charge in [-0.2, -0.15) is 0 Å². The number of nitrogens with one attached hydrogen (secondary N) is 1. The Bertz CT molecular complexity index is 440. The number of ether oxygens (including phenoxy) is 1. The molecule has 0 radical (unpaired) electrons. The minimum atomic E-state index is -2.85. The molecule has 0 aliphatic heterocycles. The highest BCUT2D eigenvalue weighted by atomic mass is 32.2. The highest BCUT2D eigenvalue weighted by Crippen LogP contribution is 2.15. The Morgan fingerprint density at radius 2 is 1.83 bits per heavy atom. The van der Waals surface area contributed by atoms with Crippen LogP contribution in [0.2, 0.25) is 0 Å². The van der Waals surface area contributed by atoms with Crippen LogP contribution in [0.3, 0.4) is 0 Å². The summed E-state index contributed by atoms with van der Waals surface area (Å²) >= 11 is 0. The zero-order chi connectivity index (χ0) is 13.4. The maximum Gasteiger partial charge on any atom is 0.150 e. The van der Waals surface area contributed by atoms with E-state index >= 15 is 0 Å². The summed E-state index contributed by atoms with van der Waals surface area (Å²) in [5.74, 6) is 1.31. The molecular weight excluding hydrogens is 250 g/mol. The second-order valence-electron chi connectivity index (χ2n) is 3.97. The molecule has 0 amide bonds. The van der Waals surface area contributed by atoms with Gasteiger partial charge in [-0.1, -0.05) is 6.92 Å². The number of sulfone groups is 1. The molecule has 0 spiro atoms. The van der Waals surface area contributed by atoms with Crippen molar-refractivity contribution in [3.8, 4) is 5.75 Å². The van der Waals surface area contributed by atoms with Crippen molar-refractivity contribution in [2.24, 2.45) is 0 Å². The monoisotopic (exact) mass is 271 g/mol. The molecule has 0 heterocycles. The summed E-state index contributed by atoms with van der Waals surface area (Å²) in [6.45, 7) is 4.93. The van der Waals surface area contributed by atoms with E-state index in [0.29, 0.717) is 19.6 Å². The number of hydrogen-bond donors (Lipinski definition) is 1. The number of rotatable bonds is 8. The van der Waals surface area contributed by atoms with Crippen molar-refractivity contribution in [2.75, 3.05) is 30.0 Å². The molecule has 1 aromatic rings.